The lowest BCUT2D eigenvalue weighted by molar-refractivity contribution is -0.120. The number of benzene rings is 1. The van der Waals surface area contributed by atoms with E-state index in [0.29, 0.717) is 5.56 Å². The van der Waals surface area contributed by atoms with Gasteiger partial charge in [0.1, 0.15) is 5.84 Å². The summed E-state index contributed by atoms with van der Waals surface area (Å²) >= 11 is 0. The number of nitrogens with two attached hydrogens (primary N) is 1. The fraction of sp³-hybridized carbons (Fsp3) is 0.467. The molecule has 0 heterocycles. The van der Waals surface area contributed by atoms with Crippen molar-refractivity contribution < 1.29 is 13.2 Å². The van der Waals surface area contributed by atoms with Crippen molar-refractivity contribution in [2.75, 3.05) is 6.54 Å². The number of nitrogens with one attached hydrogen (secondary N) is 3. The van der Waals surface area contributed by atoms with Crippen molar-refractivity contribution >= 4 is 21.8 Å². The van der Waals surface area contributed by atoms with Gasteiger partial charge in [-0.05, 0) is 25.0 Å². The van der Waals surface area contributed by atoms with Gasteiger partial charge in [-0.25, -0.2) is 13.1 Å². The zero-order chi connectivity index (χ0) is 16.9. The molecule has 8 heteroatoms. The Hall–Kier alpha value is -1.93. The fourth-order valence-electron chi connectivity index (χ4n) is 2.60. The van der Waals surface area contributed by atoms with Crippen LogP contribution in [0.3, 0.4) is 0 Å². The number of nitrogen functional groups attached to an aromatic ring is 1. The van der Waals surface area contributed by atoms with Crippen molar-refractivity contribution in [3.8, 4) is 0 Å². The molecule has 0 bridgehead atoms. The molecule has 0 aliphatic heterocycles. The van der Waals surface area contributed by atoms with Gasteiger partial charge in [0, 0.05) is 11.6 Å². The smallest absolute Gasteiger partial charge is 0.241 e. The first kappa shape index (κ1) is 17.4. The first-order valence-corrected chi connectivity index (χ1v) is 9.10. The van der Waals surface area contributed by atoms with Crippen LogP contribution in [-0.2, 0) is 14.8 Å². The summed E-state index contributed by atoms with van der Waals surface area (Å²) in [5.74, 6) is -0.541. The SMILES string of the molecule is N=C(N)c1cccc(S(=O)(=O)NCC(=O)NC2CCCCC2)c1. The zero-order valence-electron chi connectivity index (χ0n) is 12.8. The topological polar surface area (TPSA) is 125 Å². The number of carbonyl (C=O) groups excluding carboxylic acids is 1. The Bertz CT molecular complexity index is 682. The molecule has 5 N–H and O–H groups in total. The summed E-state index contributed by atoms with van der Waals surface area (Å²) in [6, 6.07) is 5.91. The minimum absolute atomic E-state index is 0.0179. The van der Waals surface area contributed by atoms with Crippen molar-refractivity contribution in [1.29, 1.82) is 5.41 Å². The summed E-state index contributed by atoms with van der Waals surface area (Å²) in [5, 5.41) is 10.2. The molecular weight excluding hydrogens is 316 g/mol. The Kier molecular flexibility index (Phi) is 5.73. The summed E-state index contributed by atoms with van der Waals surface area (Å²) in [6.45, 7) is -0.302. The van der Waals surface area contributed by atoms with E-state index in [1.165, 1.54) is 24.6 Å². The van der Waals surface area contributed by atoms with Crippen LogP contribution in [0.2, 0.25) is 0 Å². The average Bonchev–Trinajstić information content (AvgIpc) is 2.54. The van der Waals surface area contributed by atoms with Gasteiger partial charge in [-0.15, -0.1) is 0 Å². The van der Waals surface area contributed by atoms with Gasteiger partial charge in [0.2, 0.25) is 15.9 Å². The van der Waals surface area contributed by atoms with Gasteiger partial charge in [-0.3, -0.25) is 10.2 Å². The summed E-state index contributed by atoms with van der Waals surface area (Å²) < 4.78 is 26.7. The fourth-order valence-corrected chi connectivity index (χ4v) is 3.63. The molecule has 2 rings (SSSR count). The van der Waals surface area contributed by atoms with Gasteiger partial charge in [-0.1, -0.05) is 31.4 Å². The molecule has 1 amide bonds. The highest BCUT2D eigenvalue weighted by molar-refractivity contribution is 7.89. The van der Waals surface area contributed by atoms with Gasteiger partial charge in [0.25, 0.3) is 0 Å². The third kappa shape index (κ3) is 5.04. The third-order valence-electron chi connectivity index (χ3n) is 3.85. The maximum Gasteiger partial charge on any atom is 0.241 e. The highest BCUT2D eigenvalue weighted by Crippen LogP contribution is 2.17. The van der Waals surface area contributed by atoms with Crippen molar-refractivity contribution in [2.45, 2.75) is 43.0 Å². The molecule has 1 saturated carbocycles. The number of hydrogen-bond donors (Lipinski definition) is 4. The van der Waals surface area contributed by atoms with Crippen LogP contribution in [0.15, 0.2) is 29.2 Å². The second-order valence-corrected chi connectivity index (χ2v) is 7.44. The van der Waals surface area contributed by atoms with Crippen molar-refractivity contribution in [3.63, 3.8) is 0 Å². The molecule has 0 spiro atoms. The van der Waals surface area contributed by atoms with Gasteiger partial charge >= 0.3 is 0 Å². The minimum atomic E-state index is -3.82. The Balaban J connectivity index is 1.94. The summed E-state index contributed by atoms with van der Waals surface area (Å²) in [5.41, 5.74) is 5.68. The van der Waals surface area contributed by atoms with Crippen LogP contribution in [0.1, 0.15) is 37.7 Å². The quantitative estimate of drug-likeness (QED) is 0.450. The lowest BCUT2D eigenvalue weighted by Crippen LogP contribution is -2.42. The van der Waals surface area contributed by atoms with E-state index in [1.54, 1.807) is 6.07 Å². The average molecular weight is 338 g/mol. The molecule has 126 valence electrons. The van der Waals surface area contributed by atoms with Crippen LogP contribution < -0.4 is 15.8 Å². The number of sulfonamides is 1. The largest absolute Gasteiger partial charge is 0.384 e. The Morgan fingerprint density at radius 3 is 2.61 bits per heavy atom. The molecule has 1 aliphatic rings. The van der Waals surface area contributed by atoms with Gasteiger partial charge in [-0.2, -0.15) is 0 Å². The second kappa shape index (κ2) is 7.56. The number of amides is 1. The number of rotatable bonds is 6. The molecule has 1 aromatic rings. The maximum absolute atomic E-state index is 12.2. The summed E-state index contributed by atoms with van der Waals surface area (Å²) in [6.07, 6.45) is 5.26. The predicted molar refractivity (Wildman–Crippen MR) is 87.7 cm³/mol. The van der Waals surface area contributed by atoms with Crippen LogP contribution in [0.25, 0.3) is 0 Å². The van der Waals surface area contributed by atoms with Crippen molar-refractivity contribution in [1.82, 2.24) is 10.0 Å². The molecule has 1 aromatic carbocycles. The molecule has 0 atom stereocenters. The van der Waals surface area contributed by atoms with E-state index in [2.05, 4.69) is 10.0 Å². The zero-order valence-corrected chi connectivity index (χ0v) is 13.7. The number of carbonyl (C=O) groups is 1. The minimum Gasteiger partial charge on any atom is -0.384 e. The Morgan fingerprint density at radius 1 is 1.26 bits per heavy atom. The van der Waals surface area contributed by atoms with E-state index in [1.807, 2.05) is 0 Å². The van der Waals surface area contributed by atoms with Crippen molar-refractivity contribution in [2.24, 2.45) is 5.73 Å². The first-order chi connectivity index (χ1) is 10.9. The molecule has 1 fully saturated rings. The van der Waals surface area contributed by atoms with Crippen LogP contribution in [0.5, 0.6) is 0 Å². The van der Waals surface area contributed by atoms with E-state index in [4.69, 9.17) is 11.1 Å². The molecule has 1 aliphatic carbocycles. The lowest BCUT2D eigenvalue weighted by Gasteiger charge is -2.22. The van der Waals surface area contributed by atoms with Crippen molar-refractivity contribution in [3.05, 3.63) is 29.8 Å². The van der Waals surface area contributed by atoms with E-state index in [-0.39, 0.29) is 29.2 Å². The number of amidine groups is 1. The highest BCUT2D eigenvalue weighted by atomic mass is 32.2. The Labute approximate surface area is 136 Å². The molecule has 0 unspecified atom stereocenters. The van der Waals surface area contributed by atoms with Crippen LogP contribution in [-0.4, -0.2) is 32.7 Å². The third-order valence-corrected chi connectivity index (χ3v) is 5.25. The molecule has 0 saturated heterocycles. The van der Waals surface area contributed by atoms with Gasteiger partial charge in [0.05, 0.1) is 11.4 Å². The molecule has 0 aromatic heterocycles. The second-order valence-electron chi connectivity index (χ2n) is 5.67. The normalized spacial score (nSPS) is 16.0. The monoisotopic (exact) mass is 338 g/mol. The van der Waals surface area contributed by atoms with Crippen LogP contribution in [0.4, 0.5) is 0 Å². The summed E-state index contributed by atoms with van der Waals surface area (Å²) in [4.78, 5) is 11.9. The molecule has 0 radical (unpaired) electrons. The molecular formula is C15H22N4O3S. The molecule has 23 heavy (non-hydrogen) atoms. The van der Waals surface area contributed by atoms with E-state index < -0.39 is 10.0 Å². The summed E-state index contributed by atoms with van der Waals surface area (Å²) in [7, 11) is -3.82. The van der Waals surface area contributed by atoms with E-state index >= 15 is 0 Å². The van der Waals surface area contributed by atoms with Crippen LogP contribution >= 0.6 is 0 Å². The van der Waals surface area contributed by atoms with E-state index in [9.17, 15) is 13.2 Å². The molecule has 7 nitrogen and oxygen atoms in total. The standard InChI is InChI=1S/C15H22N4O3S/c16-15(17)11-5-4-8-13(9-11)23(21,22)18-10-14(20)19-12-6-2-1-3-7-12/h4-5,8-9,12,18H,1-3,6-7,10H2,(H3,16,17)(H,19,20). The van der Waals surface area contributed by atoms with E-state index in [0.717, 1.165) is 25.7 Å². The van der Waals surface area contributed by atoms with Gasteiger partial charge in [0.15, 0.2) is 0 Å². The number of hydrogen-bond acceptors (Lipinski definition) is 4. The lowest BCUT2D eigenvalue weighted by atomic mass is 9.95. The predicted octanol–water partition coefficient (Wildman–Crippen LogP) is 0.698. The highest BCUT2D eigenvalue weighted by Gasteiger charge is 2.19. The Morgan fingerprint density at radius 2 is 1.96 bits per heavy atom. The first-order valence-electron chi connectivity index (χ1n) is 7.62. The van der Waals surface area contributed by atoms with Crippen LogP contribution in [0, 0.1) is 5.41 Å². The van der Waals surface area contributed by atoms with Gasteiger partial charge < -0.3 is 11.1 Å². The maximum atomic E-state index is 12.2.